The van der Waals surface area contributed by atoms with Gasteiger partial charge in [0.2, 0.25) is 0 Å². The molecule has 0 saturated carbocycles. The largest absolute Gasteiger partial charge is 0.320 e. The van der Waals surface area contributed by atoms with Gasteiger partial charge in [0.05, 0.1) is 11.0 Å². The van der Waals surface area contributed by atoms with Crippen molar-refractivity contribution in [3.63, 3.8) is 0 Å². The molecule has 2 N–H and O–H groups in total. The lowest BCUT2D eigenvalue weighted by Crippen LogP contribution is -2.30. The predicted molar refractivity (Wildman–Crippen MR) is 52.6 cm³/mol. The first-order chi connectivity index (χ1) is 6.15. The number of aryl methyl sites for hydroxylation is 1. The number of rotatable bonds is 3. The molecule has 0 fully saturated rings. The first-order valence-electron chi connectivity index (χ1n) is 3.80. The van der Waals surface area contributed by atoms with Crippen LogP contribution >= 0.6 is 11.3 Å². The van der Waals surface area contributed by atoms with Gasteiger partial charge < -0.3 is 5.73 Å². The maximum Gasteiger partial charge on any atom is 0.199 e. The van der Waals surface area contributed by atoms with Crippen molar-refractivity contribution >= 4 is 17.1 Å². The summed E-state index contributed by atoms with van der Waals surface area (Å²) < 4.78 is 0. The number of aromatic nitrogens is 1. The molecule has 0 spiro atoms. The zero-order valence-corrected chi connectivity index (χ0v) is 8.10. The monoisotopic (exact) mass is 194 g/mol. The second-order valence-electron chi connectivity index (χ2n) is 2.63. The molecule has 1 aromatic rings. The van der Waals surface area contributed by atoms with Gasteiger partial charge in [-0.3, -0.25) is 4.79 Å². The van der Waals surface area contributed by atoms with Gasteiger partial charge in [0.1, 0.15) is 5.69 Å². The van der Waals surface area contributed by atoms with Crippen LogP contribution in [0, 0.1) is 19.3 Å². The van der Waals surface area contributed by atoms with Crippen molar-refractivity contribution in [2.75, 3.05) is 0 Å². The van der Waals surface area contributed by atoms with Gasteiger partial charge in [0.15, 0.2) is 5.78 Å². The Morgan fingerprint density at radius 1 is 1.92 bits per heavy atom. The Morgan fingerprint density at radius 3 is 3.08 bits per heavy atom. The topological polar surface area (TPSA) is 56.0 Å². The van der Waals surface area contributed by atoms with E-state index < -0.39 is 6.04 Å². The zero-order chi connectivity index (χ0) is 9.84. The standard InChI is InChI=1S/C9H10N2OS/c1-3-4-7(10)9(12)8-5-13-6(2)11-8/h1,5,7H,4,10H2,2H3. The van der Waals surface area contributed by atoms with Gasteiger partial charge in [0.25, 0.3) is 0 Å². The molecular weight excluding hydrogens is 184 g/mol. The highest BCUT2D eigenvalue weighted by atomic mass is 32.1. The molecule has 68 valence electrons. The van der Waals surface area contributed by atoms with E-state index in [1.54, 1.807) is 5.38 Å². The number of hydrogen-bond donors (Lipinski definition) is 1. The van der Waals surface area contributed by atoms with Crippen molar-refractivity contribution in [1.82, 2.24) is 4.98 Å². The normalized spacial score (nSPS) is 12.1. The summed E-state index contributed by atoms with van der Waals surface area (Å²) in [6.45, 7) is 1.84. The SMILES string of the molecule is C#CCC(N)C(=O)c1csc(C)n1. The molecule has 0 aliphatic rings. The molecule has 0 radical (unpaired) electrons. The minimum atomic E-state index is -0.619. The third kappa shape index (κ3) is 2.38. The van der Waals surface area contributed by atoms with Gasteiger partial charge in [-0.15, -0.1) is 23.7 Å². The van der Waals surface area contributed by atoms with E-state index in [1.807, 2.05) is 6.92 Å². The van der Waals surface area contributed by atoms with Gasteiger partial charge >= 0.3 is 0 Å². The predicted octanol–water partition coefficient (Wildman–Crippen LogP) is 0.985. The second-order valence-corrected chi connectivity index (χ2v) is 3.69. The first-order valence-corrected chi connectivity index (χ1v) is 4.68. The maximum absolute atomic E-state index is 11.5. The van der Waals surface area contributed by atoms with Crippen molar-refractivity contribution in [3.8, 4) is 12.3 Å². The van der Waals surface area contributed by atoms with E-state index in [1.165, 1.54) is 11.3 Å². The molecule has 0 aliphatic carbocycles. The third-order valence-electron chi connectivity index (χ3n) is 1.55. The first kappa shape index (κ1) is 9.90. The smallest absolute Gasteiger partial charge is 0.199 e. The van der Waals surface area contributed by atoms with Gasteiger partial charge in [-0.25, -0.2) is 4.98 Å². The lowest BCUT2D eigenvalue weighted by atomic mass is 10.1. The summed E-state index contributed by atoms with van der Waals surface area (Å²) in [5, 5.41) is 2.56. The van der Waals surface area contributed by atoms with E-state index in [0.717, 1.165) is 5.01 Å². The van der Waals surface area contributed by atoms with Crippen LogP contribution in [-0.4, -0.2) is 16.8 Å². The fourth-order valence-electron chi connectivity index (χ4n) is 0.886. The average Bonchev–Trinajstić information content (AvgIpc) is 2.51. The Hall–Kier alpha value is -1.18. The van der Waals surface area contributed by atoms with Crippen LogP contribution in [0.2, 0.25) is 0 Å². The van der Waals surface area contributed by atoms with Crippen LogP contribution in [0.5, 0.6) is 0 Å². The fourth-order valence-corrected chi connectivity index (χ4v) is 1.49. The van der Waals surface area contributed by atoms with Gasteiger partial charge in [-0.1, -0.05) is 0 Å². The van der Waals surface area contributed by atoms with E-state index in [9.17, 15) is 4.79 Å². The molecule has 0 bridgehead atoms. The maximum atomic E-state index is 11.5. The van der Waals surface area contributed by atoms with Crippen LogP contribution in [0.15, 0.2) is 5.38 Å². The molecule has 1 rings (SSSR count). The summed E-state index contributed by atoms with van der Waals surface area (Å²) in [5.41, 5.74) is 5.96. The molecular formula is C9H10N2OS. The number of carbonyl (C=O) groups excluding carboxylic acids is 1. The number of hydrogen-bond acceptors (Lipinski definition) is 4. The van der Waals surface area contributed by atoms with Crippen molar-refractivity contribution in [2.24, 2.45) is 5.73 Å². The lowest BCUT2D eigenvalue weighted by Gasteiger charge is -2.02. The Kier molecular flexibility index (Phi) is 3.18. The highest BCUT2D eigenvalue weighted by Crippen LogP contribution is 2.10. The Labute approximate surface area is 81.0 Å². The summed E-state index contributed by atoms with van der Waals surface area (Å²) in [7, 11) is 0. The molecule has 0 aromatic carbocycles. The number of nitrogens with zero attached hydrogens (tertiary/aromatic N) is 1. The molecule has 1 atom stereocenters. The van der Waals surface area contributed by atoms with Crippen LogP contribution < -0.4 is 5.73 Å². The van der Waals surface area contributed by atoms with Crippen LogP contribution in [0.4, 0.5) is 0 Å². The molecule has 1 unspecified atom stereocenters. The third-order valence-corrected chi connectivity index (χ3v) is 2.32. The van der Waals surface area contributed by atoms with Crippen LogP contribution in [-0.2, 0) is 0 Å². The van der Waals surface area contributed by atoms with Crippen molar-refractivity contribution in [1.29, 1.82) is 0 Å². The minimum absolute atomic E-state index is 0.178. The molecule has 13 heavy (non-hydrogen) atoms. The zero-order valence-electron chi connectivity index (χ0n) is 7.28. The molecule has 0 aliphatic heterocycles. The second kappa shape index (κ2) is 4.17. The average molecular weight is 194 g/mol. The van der Waals surface area contributed by atoms with E-state index in [2.05, 4.69) is 10.9 Å². The number of terminal acetylenes is 1. The van der Waals surface area contributed by atoms with Crippen molar-refractivity contribution in [3.05, 3.63) is 16.1 Å². The summed E-state index contributed by atoms with van der Waals surface area (Å²) >= 11 is 1.43. The van der Waals surface area contributed by atoms with Crippen LogP contribution in [0.25, 0.3) is 0 Å². The summed E-state index contributed by atoms with van der Waals surface area (Å²) in [5.74, 6) is 2.18. The number of carbonyl (C=O) groups is 1. The van der Waals surface area contributed by atoms with Crippen molar-refractivity contribution in [2.45, 2.75) is 19.4 Å². The fraction of sp³-hybridized carbons (Fsp3) is 0.333. The van der Waals surface area contributed by atoms with Gasteiger partial charge in [0, 0.05) is 11.8 Å². The van der Waals surface area contributed by atoms with Gasteiger partial charge in [-0.2, -0.15) is 0 Å². The molecule has 4 heteroatoms. The summed E-state index contributed by atoms with van der Waals surface area (Å²) in [6, 6.07) is -0.619. The van der Waals surface area contributed by atoms with Gasteiger partial charge in [-0.05, 0) is 6.92 Å². The number of thiazole rings is 1. The summed E-state index contributed by atoms with van der Waals surface area (Å²) in [6.07, 6.45) is 5.31. The van der Waals surface area contributed by atoms with E-state index >= 15 is 0 Å². The van der Waals surface area contributed by atoms with E-state index in [4.69, 9.17) is 12.2 Å². The number of Topliss-reactive ketones (excluding diaryl/α,β-unsaturated/α-hetero) is 1. The van der Waals surface area contributed by atoms with E-state index in [0.29, 0.717) is 5.69 Å². The number of nitrogens with two attached hydrogens (primary N) is 1. The summed E-state index contributed by atoms with van der Waals surface area (Å²) in [4.78, 5) is 15.5. The molecule has 0 saturated heterocycles. The number of ketones is 1. The Bertz CT molecular complexity index is 351. The Morgan fingerprint density at radius 2 is 2.62 bits per heavy atom. The highest BCUT2D eigenvalue weighted by Gasteiger charge is 2.16. The molecule has 0 amide bonds. The molecule has 1 aromatic heterocycles. The molecule has 3 nitrogen and oxygen atoms in total. The van der Waals surface area contributed by atoms with Crippen LogP contribution in [0.3, 0.4) is 0 Å². The van der Waals surface area contributed by atoms with Crippen molar-refractivity contribution < 1.29 is 4.79 Å². The van der Waals surface area contributed by atoms with E-state index in [-0.39, 0.29) is 12.2 Å². The molecule has 1 heterocycles. The lowest BCUT2D eigenvalue weighted by molar-refractivity contribution is 0.0958. The quantitative estimate of drug-likeness (QED) is 0.576. The Balaban J connectivity index is 2.74. The van der Waals surface area contributed by atoms with Crippen LogP contribution in [0.1, 0.15) is 21.9 Å². The highest BCUT2D eigenvalue weighted by molar-refractivity contribution is 7.09. The minimum Gasteiger partial charge on any atom is -0.320 e.